The molecule has 0 amide bonds. The van der Waals surface area contributed by atoms with E-state index in [-0.39, 0.29) is 22.2 Å². The van der Waals surface area contributed by atoms with E-state index in [0.717, 1.165) is 0 Å². The Morgan fingerprint density at radius 2 is 2.19 bits per heavy atom. The third kappa shape index (κ3) is 2.14. The number of nitro benzene ring substituents is 1. The van der Waals surface area contributed by atoms with E-state index in [0.29, 0.717) is 3.90 Å². The predicted octanol–water partition coefficient (Wildman–Crippen LogP) is 2.90. The third-order valence-electron chi connectivity index (χ3n) is 1.79. The number of hydrogen-bond donors (Lipinski definition) is 0. The molecule has 2 rings (SSSR count). The molecule has 0 aliphatic heterocycles. The lowest BCUT2D eigenvalue weighted by Gasteiger charge is -1.98. The summed E-state index contributed by atoms with van der Waals surface area (Å²) in [6.07, 6.45) is 0. The average Bonchev–Trinajstić information content (AvgIpc) is 2.64. The molecule has 82 valence electrons. The van der Waals surface area contributed by atoms with Gasteiger partial charge in [0.2, 0.25) is 0 Å². The molecule has 0 saturated carbocycles. The Hall–Kier alpha value is -1.22. The fourth-order valence-corrected chi connectivity index (χ4v) is 1.63. The molecule has 0 fully saturated rings. The number of rotatable bonds is 2. The zero-order chi connectivity index (χ0) is 11.7. The SMILES string of the molecule is O=[N+]([O-])c1cc(Cl)ccc1-c1nnc(I)o1. The molecule has 0 spiro atoms. The van der Waals surface area contributed by atoms with Crippen molar-refractivity contribution in [3.63, 3.8) is 0 Å². The lowest BCUT2D eigenvalue weighted by molar-refractivity contribution is -0.384. The van der Waals surface area contributed by atoms with Crippen LogP contribution in [0.15, 0.2) is 22.6 Å². The van der Waals surface area contributed by atoms with E-state index in [4.69, 9.17) is 16.0 Å². The van der Waals surface area contributed by atoms with Gasteiger partial charge in [-0.3, -0.25) is 10.1 Å². The molecule has 1 aromatic heterocycles. The fourth-order valence-electron chi connectivity index (χ4n) is 1.15. The van der Waals surface area contributed by atoms with Gasteiger partial charge in [0.15, 0.2) is 0 Å². The minimum absolute atomic E-state index is 0.104. The number of nitrogens with zero attached hydrogens (tertiary/aromatic N) is 3. The van der Waals surface area contributed by atoms with Gasteiger partial charge in [-0.05, 0) is 12.1 Å². The Balaban J connectivity index is 2.60. The molecule has 1 aromatic carbocycles. The highest BCUT2D eigenvalue weighted by atomic mass is 127. The number of nitro groups is 1. The van der Waals surface area contributed by atoms with E-state index >= 15 is 0 Å². The van der Waals surface area contributed by atoms with Crippen LogP contribution in [0.1, 0.15) is 0 Å². The van der Waals surface area contributed by atoms with E-state index in [2.05, 4.69) is 10.2 Å². The van der Waals surface area contributed by atoms with Gasteiger partial charge in [-0.15, -0.1) is 10.2 Å². The second-order valence-electron chi connectivity index (χ2n) is 2.78. The van der Waals surface area contributed by atoms with E-state index in [1.807, 2.05) is 22.6 Å². The van der Waals surface area contributed by atoms with Crippen LogP contribution in [0.2, 0.25) is 5.02 Å². The van der Waals surface area contributed by atoms with Crippen molar-refractivity contribution in [1.29, 1.82) is 0 Å². The number of aromatic nitrogens is 2. The Bertz CT molecular complexity index is 557. The van der Waals surface area contributed by atoms with Gasteiger partial charge in [-0.25, -0.2) is 0 Å². The second kappa shape index (κ2) is 4.34. The molecule has 0 N–H and O–H groups in total. The molecule has 0 unspecified atom stereocenters. The second-order valence-corrected chi connectivity index (χ2v) is 4.14. The Labute approximate surface area is 108 Å². The van der Waals surface area contributed by atoms with E-state index in [1.54, 1.807) is 0 Å². The predicted molar refractivity (Wildman–Crippen MR) is 64.1 cm³/mol. The van der Waals surface area contributed by atoms with Crippen LogP contribution in [-0.4, -0.2) is 15.1 Å². The molecular weight excluding hydrogens is 348 g/mol. The van der Waals surface area contributed by atoms with Crippen LogP contribution in [0.5, 0.6) is 0 Å². The first-order chi connectivity index (χ1) is 7.58. The van der Waals surface area contributed by atoms with Crippen molar-refractivity contribution in [2.75, 3.05) is 0 Å². The fraction of sp³-hybridized carbons (Fsp3) is 0. The highest BCUT2D eigenvalue weighted by Crippen LogP contribution is 2.31. The molecular formula is C8H3ClIN3O3. The van der Waals surface area contributed by atoms with Crippen LogP contribution >= 0.6 is 34.2 Å². The van der Waals surface area contributed by atoms with Crippen molar-refractivity contribution >= 4 is 39.9 Å². The quantitative estimate of drug-likeness (QED) is 0.472. The summed E-state index contributed by atoms with van der Waals surface area (Å²) >= 11 is 7.51. The van der Waals surface area contributed by atoms with Gasteiger partial charge in [0.1, 0.15) is 5.56 Å². The first kappa shape index (κ1) is 11.3. The van der Waals surface area contributed by atoms with Gasteiger partial charge in [-0.1, -0.05) is 11.6 Å². The molecule has 16 heavy (non-hydrogen) atoms. The highest BCUT2D eigenvalue weighted by Gasteiger charge is 2.20. The number of benzene rings is 1. The van der Waals surface area contributed by atoms with Crippen molar-refractivity contribution in [2.24, 2.45) is 0 Å². The summed E-state index contributed by atoms with van der Waals surface area (Å²) in [5.74, 6) is 0.104. The Morgan fingerprint density at radius 3 is 2.75 bits per heavy atom. The minimum atomic E-state index is -0.543. The smallest absolute Gasteiger partial charge is 0.283 e. The van der Waals surface area contributed by atoms with Crippen LogP contribution in [0, 0.1) is 14.0 Å². The molecule has 0 aliphatic carbocycles. The van der Waals surface area contributed by atoms with E-state index in [9.17, 15) is 10.1 Å². The lowest BCUT2D eigenvalue weighted by Crippen LogP contribution is -1.92. The Kier molecular flexibility index (Phi) is 3.06. The van der Waals surface area contributed by atoms with E-state index in [1.165, 1.54) is 18.2 Å². The minimum Gasteiger partial charge on any atom is -0.411 e. The van der Waals surface area contributed by atoms with Crippen LogP contribution in [0.25, 0.3) is 11.5 Å². The first-order valence-electron chi connectivity index (χ1n) is 4.01. The van der Waals surface area contributed by atoms with Crippen molar-refractivity contribution < 1.29 is 9.34 Å². The summed E-state index contributed by atoms with van der Waals surface area (Å²) in [4.78, 5) is 10.3. The van der Waals surface area contributed by atoms with Crippen LogP contribution < -0.4 is 0 Å². The van der Waals surface area contributed by atoms with Crippen molar-refractivity contribution in [2.45, 2.75) is 0 Å². The summed E-state index contributed by atoms with van der Waals surface area (Å²) in [6, 6.07) is 4.25. The van der Waals surface area contributed by atoms with Crippen molar-refractivity contribution in [3.8, 4) is 11.5 Å². The summed E-state index contributed by atoms with van der Waals surface area (Å²) in [5, 5.41) is 18.4. The highest BCUT2D eigenvalue weighted by molar-refractivity contribution is 14.1. The summed E-state index contributed by atoms with van der Waals surface area (Å²) in [7, 11) is 0. The standard InChI is InChI=1S/C8H3ClIN3O3/c9-4-1-2-5(6(3-4)13(14)15)7-11-12-8(10)16-7/h1-3H. The lowest BCUT2D eigenvalue weighted by atomic mass is 10.2. The van der Waals surface area contributed by atoms with Crippen molar-refractivity contribution in [1.82, 2.24) is 10.2 Å². The number of halogens is 2. The van der Waals surface area contributed by atoms with Crippen LogP contribution in [-0.2, 0) is 0 Å². The maximum atomic E-state index is 10.8. The summed E-state index contributed by atoms with van der Waals surface area (Å²) in [5.41, 5.74) is 0.0948. The van der Waals surface area contributed by atoms with Crippen LogP contribution in [0.4, 0.5) is 5.69 Å². The topological polar surface area (TPSA) is 82.1 Å². The molecule has 0 saturated heterocycles. The zero-order valence-electron chi connectivity index (χ0n) is 7.55. The molecule has 0 bridgehead atoms. The molecule has 0 aliphatic rings. The maximum absolute atomic E-state index is 10.8. The maximum Gasteiger partial charge on any atom is 0.283 e. The van der Waals surface area contributed by atoms with Crippen molar-refractivity contribution in [3.05, 3.63) is 37.2 Å². The first-order valence-corrected chi connectivity index (χ1v) is 5.47. The largest absolute Gasteiger partial charge is 0.411 e. The summed E-state index contributed by atoms with van der Waals surface area (Å²) < 4.78 is 5.43. The molecule has 2 aromatic rings. The number of hydrogen-bond acceptors (Lipinski definition) is 5. The van der Waals surface area contributed by atoms with Crippen LogP contribution in [0.3, 0.4) is 0 Å². The molecule has 6 nitrogen and oxygen atoms in total. The zero-order valence-corrected chi connectivity index (χ0v) is 10.5. The van der Waals surface area contributed by atoms with Gasteiger partial charge in [0, 0.05) is 33.7 Å². The molecule has 0 atom stereocenters. The Morgan fingerprint density at radius 1 is 1.44 bits per heavy atom. The average molecular weight is 351 g/mol. The van der Waals surface area contributed by atoms with E-state index < -0.39 is 4.92 Å². The monoisotopic (exact) mass is 351 g/mol. The van der Waals surface area contributed by atoms with Gasteiger partial charge in [0.05, 0.1) is 4.92 Å². The summed E-state index contributed by atoms with van der Waals surface area (Å²) in [6.45, 7) is 0. The van der Waals surface area contributed by atoms with Gasteiger partial charge in [0.25, 0.3) is 15.5 Å². The molecule has 8 heteroatoms. The van der Waals surface area contributed by atoms with Gasteiger partial charge in [-0.2, -0.15) is 0 Å². The molecule has 0 radical (unpaired) electrons. The molecule has 1 heterocycles. The third-order valence-corrected chi connectivity index (χ3v) is 2.46. The van der Waals surface area contributed by atoms with Gasteiger partial charge >= 0.3 is 0 Å². The normalized spacial score (nSPS) is 10.4. The van der Waals surface area contributed by atoms with Gasteiger partial charge < -0.3 is 4.42 Å².